The van der Waals surface area contributed by atoms with E-state index in [2.05, 4.69) is 21.0 Å². The third kappa shape index (κ3) is 4.42. The van der Waals surface area contributed by atoms with Crippen LogP contribution in [0.2, 0.25) is 0 Å². The summed E-state index contributed by atoms with van der Waals surface area (Å²) in [6.45, 7) is 3.75. The number of carbonyl (C=O) groups is 2. The van der Waals surface area contributed by atoms with Crippen molar-refractivity contribution in [3.63, 3.8) is 0 Å². The van der Waals surface area contributed by atoms with Gasteiger partial charge in [0.05, 0.1) is 7.11 Å². The van der Waals surface area contributed by atoms with Gasteiger partial charge in [-0.05, 0) is 38.1 Å². The molecule has 1 aromatic rings. The molecule has 0 aromatic heterocycles. The molecule has 0 aliphatic rings. The molecule has 3 N–H and O–H groups in total. The molecule has 0 saturated heterocycles. The largest absolute Gasteiger partial charge is 0.336 e. The molecule has 1 aromatic carbocycles. The van der Waals surface area contributed by atoms with Crippen molar-refractivity contribution in [1.82, 2.24) is 10.8 Å². The number of hydroxylamine groups is 1. The van der Waals surface area contributed by atoms with E-state index in [0.717, 1.165) is 0 Å². The first-order valence-corrected chi connectivity index (χ1v) is 5.54. The highest BCUT2D eigenvalue weighted by Crippen LogP contribution is 2.09. The highest BCUT2D eigenvalue weighted by molar-refractivity contribution is 5.94. The Morgan fingerprint density at radius 2 is 1.78 bits per heavy atom. The van der Waals surface area contributed by atoms with E-state index >= 15 is 0 Å². The summed E-state index contributed by atoms with van der Waals surface area (Å²) in [4.78, 5) is 27.3. The third-order valence-corrected chi connectivity index (χ3v) is 2.02. The summed E-state index contributed by atoms with van der Waals surface area (Å²) in [6.07, 6.45) is 0. The fourth-order valence-corrected chi connectivity index (χ4v) is 1.29. The summed E-state index contributed by atoms with van der Waals surface area (Å²) in [5, 5.41) is 5.36. The van der Waals surface area contributed by atoms with E-state index in [4.69, 9.17) is 0 Å². The van der Waals surface area contributed by atoms with Crippen LogP contribution in [0, 0.1) is 0 Å². The van der Waals surface area contributed by atoms with Crippen molar-refractivity contribution >= 4 is 17.6 Å². The van der Waals surface area contributed by atoms with Gasteiger partial charge >= 0.3 is 6.03 Å². The smallest absolute Gasteiger partial charge is 0.319 e. The van der Waals surface area contributed by atoms with E-state index in [1.165, 1.54) is 7.11 Å². The molecule has 0 heterocycles. The maximum absolute atomic E-state index is 11.4. The lowest BCUT2D eigenvalue weighted by Crippen LogP contribution is -2.34. The van der Waals surface area contributed by atoms with E-state index < -0.39 is 0 Å². The fourth-order valence-electron chi connectivity index (χ4n) is 1.29. The van der Waals surface area contributed by atoms with Gasteiger partial charge in [-0.2, -0.15) is 0 Å². The molecule has 0 unspecified atom stereocenters. The number of urea groups is 1. The van der Waals surface area contributed by atoms with Crippen LogP contribution < -0.4 is 16.1 Å². The highest BCUT2D eigenvalue weighted by Gasteiger charge is 2.06. The number of carbonyl (C=O) groups excluding carboxylic acids is 2. The van der Waals surface area contributed by atoms with Crippen molar-refractivity contribution in [1.29, 1.82) is 0 Å². The Balaban J connectivity index is 2.60. The lowest BCUT2D eigenvalue weighted by Gasteiger charge is -2.10. The molecule has 0 aliphatic heterocycles. The second kappa shape index (κ2) is 6.61. The number of nitrogens with one attached hydrogen (secondary N) is 3. The van der Waals surface area contributed by atoms with Crippen molar-refractivity contribution < 1.29 is 14.4 Å². The maximum Gasteiger partial charge on any atom is 0.319 e. The Morgan fingerprint density at radius 1 is 1.17 bits per heavy atom. The average Bonchev–Trinajstić information content (AvgIpc) is 2.29. The molecule has 0 spiro atoms. The molecular weight excluding hydrogens is 234 g/mol. The van der Waals surface area contributed by atoms with Gasteiger partial charge in [-0.3, -0.25) is 9.63 Å². The Hall–Kier alpha value is -2.08. The molecule has 0 radical (unpaired) electrons. The molecule has 0 fully saturated rings. The molecule has 6 nitrogen and oxygen atoms in total. The van der Waals surface area contributed by atoms with E-state index in [1.807, 2.05) is 13.8 Å². The molecule has 0 aliphatic carbocycles. The first-order chi connectivity index (χ1) is 8.52. The lowest BCUT2D eigenvalue weighted by molar-refractivity contribution is 0.0537. The van der Waals surface area contributed by atoms with Crippen LogP contribution in [-0.2, 0) is 4.84 Å². The quantitative estimate of drug-likeness (QED) is 0.710. The molecule has 0 atom stereocenters. The summed E-state index contributed by atoms with van der Waals surface area (Å²) in [7, 11) is 1.37. The summed E-state index contributed by atoms with van der Waals surface area (Å²) in [6, 6.07) is 6.27. The standard InChI is InChI=1S/C12H17N3O3/c1-8(2)13-12(17)14-10-6-4-9(5-7-10)11(16)15-18-3/h4-8H,1-3H3,(H,15,16)(H2,13,14,17). The van der Waals surface area contributed by atoms with Crippen molar-refractivity contribution in [2.75, 3.05) is 12.4 Å². The van der Waals surface area contributed by atoms with Gasteiger partial charge < -0.3 is 10.6 Å². The van der Waals surface area contributed by atoms with E-state index in [-0.39, 0.29) is 18.0 Å². The maximum atomic E-state index is 11.4. The van der Waals surface area contributed by atoms with Crippen LogP contribution in [0.15, 0.2) is 24.3 Å². The zero-order valence-corrected chi connectivity index (χ0v) is 10.6. The summed E-state index contributed by atoms with van der Waals surface area (Å²) < 4.78 is 0. The van der Waals surface area contributed by atoms with Crippen LogP contribution in [0.5, 0.6) is 0 Å². The van der Waals surface area contributed by atoms with Gasteiger partial charge in [0.15, 0.2) is 0 Å². The Bertz CT molecular complexity index is 415. The van der Waals surface area contributed by atoms with Crippen molar-refractivity contribution in [2.45, 2.75) is 19.9 Å². The van der Waals surface area contributed by atoms with Gasteiger partial charge in [-0.15, -0.1) is 0 Å². The number of hydrogen-bond acceptors (Lipinski definition) is 3. The van der Waals surface area contributed by atoms with Crippen LogP contribution in [-0.4, -0.2) is 25.1 Å². The monoisotopic (exact) mass is 251 g/mol. The predicted octanol–water partition coefficient (Wildman–Crippen LogP) is 1.51. The highest BCUT2D eigenvalue weighted by atomic mass is 16.6. The van der Waals surface area contributed by atoms with E-state index in [1.54, 1.807) is 24.3 Å². The summed E-state index contributed by atoms with van der Waals surface area (Å²) in [5.74, 6) is -0.337. The summed E-state index contributed by atoms with van der Waals surface area (Å²) in [5.41, 5.74) is 3.27. The molecule has 3 amide bonds. The van der Waals surface area contributed by atoms with E-state index in [0.29, 0.717) is 11.3 Å². The van der Waals surface area contributed by atoms with Crippen molar-refractivity contribution in [3.05, 3.63) is 29.8 Å². The van der Waals surface area contributed by atoms with Crippen LogP contribution in [0.3, 0.4) is 0 Å². The van der Waals surface area contributed by atoms with Gasteiger partial charge in [-0.25, -0.2) is 10.3 Å². The number of hydrogen-bond donors (Lipinski definition) is 3. The number of rotatable bonds is 4. The van der Waals surface area contributed by atoms with Crippen molar-refractivity contribution in [3.8, 4) is 0 Å². The van der Waals surface area contributed by atoms with Crippen LogP contribution in [0.25, 0.3) is 0 Å². The first kappa shape index (κ1) is 14.0. The Morgan fingerprint density at radius 3 is 2.28 bits per heavy atom. The van der Waals surface area contributed by atoms with Crippen LogP contribution in [0.4, 0.5) is 10.5 Å². The van der Waals surface area contributed by atoms with Crippen LogP contribution >= 0.6 is 0 Å². The zero-order valence-electron chi connectivity index (χ0n) is 10.6. The average molecular weight is 251 g/mol. The SMILES string of the molecule is CONC(=O)c1ccc(NC(=O)NC(C)C)cc1. The number of anilines is 1. The molecule has 0 saturated carbocycles. The normalized spacial score (nSPS) is 10.0. The Kier molecular flexibility index (Phi) is 5.13. The Labute approximate surface area is 106 Å². The second-order valence-electron chi connectivity index (χ2n) is 3.97. The molecule has 18 heavy (non-hydrogen) atoms. The van der Waals surface area contributed by atoms with Crippen molar-refractivity contribution in [2.24, 2.45) is 0 Å². The van der Waals surface area contributed by atoms with Gasteiger partial charge in [0.25, 0.3) is 5.91 Å². The zero-order chi connectivity index (χ0) is 13.5. The van der Waals surface area contributed by atoms with Crippen LogP contribution in [0.1, 0.15) is 24.2 Å². The second-order valence-corrected chi connectivity index (χ2v) is 3.97. The van der Waals surface area contributed by atoms with Gasteiger partial charge in [0, 0.05) is 17.3 Å². The third-order valence-electron chi connectivity index (χ3n) is 2.02. The fraction of sp³-hybridized carbons (Fsp3) is 0.333. The first-order valence-electron chi connectivity index (χ1n) is 5.54. The number of benzene rings is 1. The van der Waals surface area contributed by atoms with E-state index in [9.17, 15) is 9.59 Å². The molecule has 98 valence electrons. The molecular formula is C12H17N3O3. The predicted molar refractivity (Wildman–Crippen MR) is 68.2 cm³/mol. The topological polar surface area (TPSA) is 79.5 Å². The van der Waals surface area contributed by atoms with Gasteiger partial charge in [-0.1, -0.05) is 0 Å². The minimum atomic E-state index is -0.337. The minimum Gasteiger partial charge on any atom is -0.336 e. The molecule has 0 bridgehead atoms. The van der Waals surface area contributed by atoms with Gasteiger partial charge in [0.2, 0.25) is 0 Å². The minimum absolute atomic E-state index is 0.0664. The molecule has 1 rings (SSSR count). The molecule has 6 heteroatoms. The van der Waals surface area contributed by atoms with Gasteiger partial charge in [0.1, 0.15) is 0 Å². The summed E-state index contributed by atoms with van der Waals surface area (Å²) >= 11 is 0. The number of amides is 3. The lowest BCUT2D eigenvalue weighted by atomic mass is 10.2.